The molecule has 0 aliphatic heterocycles. The van der Waals surface area contributed by atoms with Crippen LogP contribution in [0, 0.1) is 0 Å². The van der Waals surface area contributed by atoms with Crippen LogP contribution in [0.4, 0.5) is 0 Å². The number of amidine groups is 1. The fourth-order valence-electron chi connectivity index (χ4n) is 1.48. The minimum Gasteiger partial charge on any atom is -0.308 e. The van der Waals surface area contributed by atoms with Crippen LogP contribution < -0.4 is 11.3 Å². The van der Waals surface area contributed by atoms with Gasteiger partial charge in [0.05, 0.1) is 0 Å². The van der Waals surface area contributed by atoms with Crippen molar-refractivity contribution in [2.45, 2.75) is 39.7 Å². The molecule has 0 radical (unpaired) electrons. The van der Waals surface area contributed by atoms with Crippen LogP contribution in [0.5, 0.6) is 0 Å². The summed E-state index contributed by atoms with van der Waals surface area (Å²) in [6, 6.07) is 8.57. The zero-order valence-corrected chi connectivity index (χ0v) is 10.5. The standard InChI is InChI=1S/C13H21N3/c1-9(2)11-5-7-12(8-6-11)13(16-14)15-10(3)4/h5-10H,14H2,1-4H3,(H,15,16). The topological polar surface area (TPSA) is 50.4 Å². The molecule has 16 heavy (non-hydrogen) atoms. The molecular weight excluding hydrogens is 198 g/mol. The van der Waals surface area contributed by atoms with Gasteiger partial charge in [0.15, 0.2) is 0 Å². The first-order valence-electron chi connectivity index (χ1n) is 5.69. The number of nitrogens with two attached hydrogens (primary N) is 1. The van der Waals surface area contributed by atoms with Crippen LogP contribution in [0.2, 0.25) is 0 Å². The van der Waals surface area contributed by atoms with Gasteiger partial charge in [-0.1, -0.05) is 38.1 Å². The SMILES string of the molecule is CC(C)N=C(NN)c1ccc(C(C)C)cc1. The Labute approximate surface area is 97.7 Å². The van der Waals surface area contributed by atoms with Crippen LogP contribution in [0.1, 0.15) is 44.7 Å². The second-order valence-electron chi connectivity index (χ2n) is 4.49. The number of hydrogen-bond donors (Lipinski definition) is 2. The fraction of sp³-hybridized carbons (Fsp3) is 0.462. The summed E-state index contributed by atoms with van der Waals surface area (Å²) < 4.78 is 0. The molecule has 0 amide bonds. The highest BCUT2D eigenvalue weighted by molar-refractivity contribution is 5.98. The van der Waals surface area contributed by atoms with E-state index < -0.39 is 0 Å². The number of hydrogen-bond acceptors (Lipinski definition) is 2. The normalized spacial score (nSPS) is 12.3. The number of nitrogens with one attached hydrogen (secondary N) is 1. The lowest BCUT2D eigenvalue weighted by molar-refractivity contribution is 0.820. The molecule has 0 atom stereocenters. The minimum absolute atomic E-state index is 0.232. The molecule has 3 heteroatoms. The van der Waals surface area contributed by atoms with Crippen molar-refractivity contribution in [3.05, 3.63) is 35.4 Å². The molecule has 88 valence electrons. The predicted octanol–water partition coefficient (Wildman–Crippen LogP) is 2.43. The molecule has 0 bridgehead atoms. The Kier molecular flexibility index (Phi) is 4.50. The van der Waals surface area contributed by atoms with Crippen molar-refractivity contribution in [1.82, 2.24) is 5.43 Å². The Balaban J connectivity index is 2.95. The molecule has 1 rings (SSSR count). The second-order valence-corrected chi connectivity index (χ2v) is 4.49. The number of rotatable bonds is 3. The molecule has 0 aliphatic carbocycles. The summed E-state index contributed by atoms with van der Waals surface area (Å²) in [4.78, 5) is 4.42. The van der Waals surface area contributed by atoms with Crippen molar-refractivity contribution >= 4 is 5.84 Å². The summed E-state index contributed by atoms with van der Waals surface area (Å²) >= 11 is 0. The molecule has 1 aromatic carbocycles. The van der Waals surface area contributed by atoms with Gasteiger partial charge in [-0.15, -0.1) is 0 Å². The molecule has 1 aromatic rings. The van der Waals surface area contributed by atoms with Crippen molar-refractivity contribution in [3.8, 4) is 0 Å². The maximum atomic E-state index is 5.47. The lowest BCUT2D eigenvalue weighted by Crippen LogP contribution is -2.31. The third-order valence-corrected chi connectivity index (χ3v) is 2.37. The molecule has 0 saturated carbocycles. The van der Waals surface area contributed by atoms with Gasteiger partial charge in [0.1, 0.15) is 5.84 Å². The molecule has 3 nitrogen and oxygen atoms in total. The summed E-state index contributed by atoms with van der Waals surface area (Å²) in [5.41, 5.74) is 5.00. The van der Waals surface area contributed by atoms with E-state index in [9.17, 15) is 0 Å². The summed E-state index contributed by atoms with van der Waals surface area (Å²) in [6.07, 6.45) is 0. The highest BCUT2D eigenvalue weighted by atomic mass is 15.3. The van der Waals surface area contributed by atoms with Crippen LogP contribution in [-0.2, 0) is 0 Å². The average Bonchev–Trinajstić information content (AvgIpc) is 2.25. The van der Waals surface area contributed by atoms with Gasteiger partial charge in [-0.2, -0.15) is 0 Å². The Morgan fingerprint density at radius 1 is 1.12 bits per heavy atom. The molecule has 0 aromatic heterocycles. The van der Waals surface area contributed by atoms with Gasteiger partial charge in [0, 0.05) is 11.6 Å². The van der Waals surface area contributed by atoms with Crippen molar-refractivity contribution < 1.29 is 0 Å². The maximum Gasteiger partial charge on any atom is 0.142 e. The monoisotopic (exact) mass is 219 g/mol. The molecule has 0 spiro atoms. The highest BCUT2D eigenvalue weighted by Crippen LogP contribution is 2.14. The summed E-state index contributed by atoms with van der Waals surface area (Å²) in [7, 11) is 0. The molecule has 0 fully saturated rings. The first-order chi connectivity index (χ1) is 7.54. The van der Waals surface area contributed by atoms with E-state index in [1.54, 1.807) is 0 Å². The van der Waals surface area contributed by atoms with Crippen LogP contribution in [-0.4, -0.2) is 11.9 Å². The summed E-state index contributed by atoms with van der Waals surface area (Å²) in [5, 5.41) is 0. The molecule has 3 N–H and O–H groups in total. The van der Waals surface area contributed by atoms with Gasteiger partial charge in [0.25, 0.3) is 0 Å². The van der Waals surface area contributed by atoms with E-state index in [4.69, 9.17) is 5.84 Å². The third kappa shape index (κ3) is 3.35. The zero-order chi connectivity index (χ0) is 12.1. The predicted molar refractivity (Wildman–Crippen MR) is 69.5 cm³/mol. The smallest absolute Gasteiger partial charge is 0.142 e. The van der Waals surface area contributed by atoms with E-state index in [0.29, 0.717) is 5.92 Å². The van der Waals surface area contributed by atoms with Crippen LogP contribution in [0.15, 0.2) is 29.3 Å². The molecular formula is C13H21N3. The number of nitrogens with zero attached hydrogens (tertiary/aromatic N) is 1. The van der Waals surface area contributed by atoms with Crippen LogP contribution >= 0.6 is 0 Å². The van der Waals surface area contributed by atoms with Gasteiger partial charge >= 0.3 is 0 Å². The van der Waals surface area contributed by atoms with Gasteiger partial charge in [0.2, 0.25) is 0 Å². The van der Waals surface area contributed by atoms with E-state index >= 15 is 0 Å². The summed E-state index contributed by atoms with van der Waals surface area (Å²) in [5.74, 6) is 6.76. The first-order valence-corrected chi connectivity index (χ1v) is 5.69. The van der Waals surface area contributed by atoms with Gasteiger partial charge in [-0.3, -0.25) is 4.99 Å². The van der Waals surface area contributed by atoms with Gasteiger partial charge < -0.3 is 5.43 Å². The van der Waals surface area contributed by atoms with Crippen LogP contribution in [0.3, 0.4) is 0 Å². The Morgan fingerprint density at radius 3 is 2.06 bits per heavy atom. The number of aliphatic imine (C=N–C) groups is 1. The molecule has 0 unspecified atom stereocenters. The van der Waals surface area contributed by atoms with Gasteiger partial charge in [-0.25, -0.2) is 5.84 Å². The lowest BCUT2D eigenvalue weighted by Gasteiger charge is -2.10. The number of benzene rings is 1. The first kappa shape index (κ1) is 12.7. The van der Waals surface area contributed by atoms with Crippen molar-refractivity contribution in [2.24, 2.45) is 10.8 Å². The molecule has 0 aliphatic rings. The fourth-order valence-corrected chi connectivity index (χ4v) is 1.48. The van der Waals surface area contributed by atoms with E-state index in [0.717, 1.165) is 11.4 Å². The highest BCUT2D eigenvalue weighted by Gasteiger charge is 2.04. The molecule has 0 heterocycles. The Hall–Kier alpha value is -1.35. The van der Waals surface area contributed by atoms with E-state index in [1.807, 2.05) is 13.8 Å². The van der Waals surface area contributed by atoms with Crippen LogP contribution in [0.25, 0.3) is 0 Å². The van der Waals surface area contributed by atoms with Gasteiger partial charge in [-0.05, 0) is 25.3 Å². The second kappa shape index (κ2) is 5.66. The Morgan fingerprint density at radius 2 is 1.69 bits per heavy atom. The van der Waals surface area contributed by atoms with E-state index in [2.05, 4.69) is 48.5 Å². The van der Waals surface area contributed by atoms with E-state index in [-0.39, 0.29) is 6.04 Å². The summed E-state index contributed by atoms with van der Waals surface area (Å²) in [6.45, 7) is 8.41. The van der Waals surface area contributed by atoms with Crippen molar-refractivity contribution in [2.75, 3.05) is 0 Å². The zero-order valence-electron chi connectivity index (χ0n) is 10.5. The maximum absolute atomic E-state index is 5.47. The number of hydrazine groups is 1. The van der Waals surface area contributed by atoms with Crippen molar-refractivity contribution in [1.29, 1.82) is 0 Å². The quantitative estimate of drug-likeness (QED) is 0.355. The third-order valence-electron chi connectivity index (χ3n) is 2.37. The molecule has 0 saturated heterocycles. The lowest BCUT2D eigenvalue weighted by atomic mass is 10.0. The average molecular weight is 219 g/mol. The largest absolute Gasteiger partial charge is 0.308 e. The van der Waals surface area contributed by atoms with E-state index in [1.165, 1.54) is 5.56 Å². The van der Waals surface area contributed by atoms with Crippen molar-refractivity contribution in [3.63, 3.8) is 0 Å². The minimum atomic E-state index is 0.232. The Bertz CT molecular complexity index is 350.